The minimum absolute atomic E-state index is 0.00151. The molecule has 1 heterocycles. The second-order valence-corrected chi connectivity index (χ2v) is 6.12. The summed E-state index contributed by atoms with van der Waals surface area (Å²) in [6.45, 7) is 1.82. The average Bonchev–Trinajstić information content (AvgIpc) is 3.06. The zero-order valence-electron chi connectivity index (χ0n) is 16.1. The van der Waals surface area contributed by atoms with E-state index in [9.17, 15) is 10.1 Å². The van der Waals surface area contributed by atoms with E-state index in [1.165, 1.54) is 27.4 Å². The smallest absolute Gasteiger partial charge is 0.205 e. The Kier molecular flexibility index (Phi) is 5.37. The van der Waals surface area contributed by atoms with Crippen LogP contribution in [0.1, 0.15) is 21.6 Å². The number of nitriles is 1. The number of ether oxygens (including phenoxy) is 3. The van der Waals surface area contributed by atoms with Crippen LogP contribution in [0.2, 0.25) is 0 Å². The van der Waals surface area contributed by atoms with Crippen LogP contribution in [0.15, 0.2) is 42.0 Å². The monoisotopic (exact) mass is 376 g/mol. The zero-order chi connectivity index (χ0) is 20.3. The van der Waals surface area contributed by atoms with Crippen LogP contribution in [0.5, 0.6) is 17.2 Å². The lowest BCUT2D eigenvalue weighted by atomic mass is 9.99. The van der Waals surface area contributed by atoms with Gasteiger partial charge in [-0.1, -0.05) is 18.2 Å². The quantitative estimate of drug-likeness (QED) is 0.394. The molecule has 0 saturated heterocycles. The van der Waals surface area contributed by atoms with Crippen molar-refractivity contribution >= 4 is 22.8 Å². The molecule has 0 aliphatic rings. The molecule has 0 aliphatic carbocycles. The van der Waals surface area contributed by atoms with Gasteiger partial charge in [-0.2, -0.15) is 5.26 Å². The van der Waals surface area contributed by atoms with Crippen LogP contribution in [-0.2, 0) is 0 Å². The van der Waals surface area contributed by atoms with Gasteiger partial charge in [-0.05, 0) is 25.1 Å². The standard InChI is InChI=1S/C22H20N2O4/c1-13-21(16-7-5-6-8-17(16)24-13)22(25)15(12-23)9-14-10-19(27-3)20(28-4)11-18(14)26-2/h5-11,24H,1-4H3/b15-9+. The van der Waals surface area contributed by atoms with E-state index in [0.717, 1.165) is 10.9 Å². The highest BCUT2D eigenvalue weighted by molar-refractivity contribution is 6.20. The molecule has 3 aromatic rings. The zero-order valence-corrected chi connectivity index (χ0v) is 16.1. The van der Waals surface area contributed by atoms with Crippen LogP contribution in [0.3, 0.4) is 0 Å². The maximum Gasteiger partial charge on any atom is 0.205 e. The van der Waals surface area contributed by atoms with Crippen LogP contribution < -0.4 is 14.2 Å². The topological polar surface area (TPSA) is 84.3 Å². The van der Waals surface area contributed by atoms with Crippen molar-refractivity contribution in [3.05, 3.63) is 58.8 Å². The second kappa shape index (κ2) is 7.89. The highest BCUT2D eigenvalue weighted by Crippen LogP contribution is 2.36. The summed E-state index contributed by atoms with van der Waals surface area (Å²) in [7, 11) is 4.55. The first-order valence-corrected chi connectivity index (χ1v) is 8.57. The number of aryl methyl sites for hydroxylation is 1. The first-order chi connectivity index (χ1) is 13.5. The Hall–Kier alpha value is -3.72. The van der Waals surface area contributed by atoms with E-state index in [4.69, 9.17) is 14.2 Å². The van der Waals surface area contributed by atoms with Crippen LogP contribution in [0.25, 0.3) is 17.0 Å². The number of allylic oxidation sites excluding steroid dienone is 1. The summed E-state index contributed by atoms with van der Waals surface area (Å²) in [4.78, 5) is 16.3. The van der Waals surface area contributed by atoms with E-state index in [1.807, 2.05) is 37.3 Å². The number of nitrogens with zero attached hydrogens (tertiary/aromatic N) is 1. The van der Waals surface area contributed by atoms with Gasteiger partial charge in [0.1, 0.15) is 17.4 Å². The predicted molar refractivity (Wildman–Crippen MR) is 107 cm³/mol. The Morgan fingerprint density at radius 1 is 1.04 bits per heavy atom. The van der Waals surface area contributed by atoms with Crippen molar-refractivity contribution in [2.45, 2.75) is 6.92 Å². The number of hydrogen-bond acceptors (Lipinski definition) is 5. The van der Waals surface area contributed by atoms with Gasteiger partial charge in [0.05, 0.1) is 26.9 Å². The molecule has 0 aliphatic heterocycles. The Morgan fingerprint density at radius 2 is 1.68 bits per heavy atom. The molecule has 0 spiro atoms. The number of Topliss-reactive ketones (excluding diaryl/α,β-unsaturated/α-hetero) is 1. The third-order valence-electron chi connectivity index (χ3n) is 4.52. The van der Waals surface area contributed by atoms with Crippen LogP contribution in [0.4, 0.5) is 0 Å². The van der Waals surface area contributed by atoms with Crippen molar-refractivity contribution in [2.75, 3.05) is 21.3 Å². The molecule has 0 atom stereocenters. The Balaban J connectivity index is 2.13. The molecule has 0 amide bonds. The highest BCUT2D eigenvalue weighted by atomic mass is 16.5. The van der Waals surface area contributed by atoms with Gasteiger partial charge >= 0.3 is 0 Å². The minimum Gasteiger partial charge on any atom is -0.496 e. The maximum atomic E-state index is 13.1. The van der Waals surface area contributed by atoms with Gasteiger partial charge < -0.3 is 19.2 Å². The summed E-state index contributed by atoms with van der Waals surface area (Å²) < 4.78 is 16.0. The van der Waals surface area contributed by atoms with Crippen molar-refractivity contribution in [2.24, 2.45) is 0 Å². The number of H-pyrrole nitrogens is 1. The number of para-hydroxylation sites is 1. The van der Waals surface area contributed by atoms with Gasteiger partial charge in [0.2, 0.25) is 5.78 Å². The first kappa shape index (κ1) is 19.1. The lowest BCUT2D eigenvalue weighted by Gasteiger charge is -2.12. The second-order valence-electron chi connectivity index (χ2n) is 6.12. The number of benzene rings is 2. The van der Waals surface area contributed by atoms with Crippen molar-refractivity contribution in [3.8, 4) is 23.3 Å². The van der Waals surface area contributed by atoms with Gasteiger partial charge in [0.15, 0.2) is 11.5 Å². The number of hydrogen-bond donors (Lipinski definition) is 1. The molecule has 2 aromatic carbocycles. The first-order valence-electron chi connectivity index (χ1n) is 8.57. The summed E-state index contributed by atoms with van der Waals surface area (Å²) in [5.74, 6) is 1.08. The van der Waals surface area contributed by atoms with Gasteiger partial charge in [-0.3, -0.25) is 4.79 Å². The summed E-state index contributed by atoms with van der Waals surface area (Å²) in [6.07, 6.45) is 1.50. The number of methoxy groups -OCH3 is 3. The minimum atomic E-state index is -0.353. The van der Waals surface area contributed by atoms with Gasteiger partial charge in [0, 0.05) is 28.2 Å². The molecule has 0 unspecified atom stereocenters. The maximum absolute atomic E-state index is 13.1. The lowest BCUT2D eigenvalue weighted by molar-refractivity contribution is 0.104. The fourth-order valence-electron chi connectivity index (χ4n) is 3.17. The van der Waals surface area contributed by atoms with E-state index >= 15 is 0 Å². The summed E-state index contributed by atoms with van der Waals surface area (Å²) in [6, 6.07) is 12.8. The number of nitrogens with one attached hydrogen (secondary N) is 1. The van der Waals surface area contributed by atoms with Crippen molar-refractivity contribution in [1.29, 1.82) is 5.26 Å². The van der Waals surface area contributed by atoms with Crippen molar-refractivity contribution in [3.63, 3.8) is 0 Å². The third kappa shape index (κ3) is 3.30. The van der Waals surface area contributed by atoms with Crippen LogP contribution in [0, 0.1) is 18.3 Å². The van der Waals surface area contributed by atoms with Gasteiger partial charge in [-0.15, -0.1) is 0 Å². The highest BCUT2D eigenvalue weighted by Gasteiger charge is 2.21. The molecule has 3 rings (SSSR count). The number of carbonyl (C=O) groups is 1. The van der Waals surface area contributed by atoms with E-state index in [0.29, 0.717) is 34.1 Å². The molecule has 0 bridgehead atoms. The Morgan fingerprint density at radius 3 is 2.32 bits per heavy atom. The van der Waals surface area contributed by atoms with E-state index in [-0.39, 0.29) is 11.4 Å². The lowest BCUT2D eigenvalue weighted by Crippen LogP contribution is -2.04. The predicted octanol–water partition coefficient (Wildman–Crippen LogP) is 4.29. The number of aromatic nitrogens is 1. The molecule has 0 radical (unpaired) electrons. The van der Waals surface area contributed by atoms with Gasteiger partial charge in [0.25, 0.3) is 0 Å². The van der Waals surface area contributed by atoms with Gasteiger partial charge in [-0.25, -0.2) is 0 Å². The number of fused-ring (bicyclic) bond motifs is 1. The fraction of sp³-hybridized carbons (Fsp3) is 0.182. The summed E-state index contributed by atoms with van der Waals surface area (Å²) >= 11 is 0. The Bertz CT molecular complexity index is 1120. The van der Waals surface area contributed by atoms with Crippen molar-refractivity contribution in [1.82, 2.24) is 4.98 Å². The molecule has 142 valence electrons. The number of ketones is 1. The number of aromatic amines is 1. The molecule has 6 nitrogen and oxygen atoms in total. The third-order valence-corrected chi connectivity index (χ3v) is 4.52. The molecule has 6 heteroatoms. The molecule has 0 fully saturated rings. The average molecular weight is 376 g/mol. The Labute approximate surface area is 163 Å². The SMILES string of the molecule is COc1cc(OC)c(OC)cc1/C=C(\C#N)C(=O)c1c(C)[nH]c2ccccc12. The number of carbonyl (C=O) groups excluding carboxylic acids is 1. The molecular formula is C22H20N2O4. The molecule has 0 saturated carbocycles. The fourth-order valence-corrected chi connectivity index (χ4v) is 3.17. The van der Waals surface area contributed by atoms with E-state index in [2.05, 4.69) is 4.98 Å². The van der Waals surface area contributed by atoms with E-state index in [1.54, 1.807) is 12.1 Å². The normalized spacial score (nSPS) is 11.2. The molecular weight excluding hydrogens is 356 g/mol. The number of rotatable bonds is 6. The summed E-state index contributed by atoms with van der Waals surface area (Å²) in [5.41, 5.74) is 2.60. The van der Waals surface area contributed by atoms with E-state index < -0.39 is 0 Å². The van der Waals surface area contributed by atoms with Crippen LogP contribution in [-0.4, -0.2) is 32.1 Å². The summed E-state index contributed by atoms with van der Waals surface area (Å²) in [5, 5.41) is 10.4. The van der Waals surface area contributed by atoms with Crippen LogP contribution >= 0.6 is 0 Å². The molecule has 1 N–H and O–H groups in total. The molecule has 1 aromatic heterocycles. The van der Waals surface area contributed by atoms with Crippen molar-refractivity contribution < 1.29 is 19.0 Å². The largest absolute Gasteiger partial charge is 0.496 e. The molecule has 28 heavy (non-hydrogen) atoms.